The van der Waals surface area contributed by atoms with Gasteiger partial charge in [0, 0.05) is 6.07 Å². The molecule has 1 heterocycles. The predicted molar refractivity (Wildman–Crippen MR) is 42.8 cm³/mol. The zero-order chi connectivity index (χ0) is 9.19. The zero-order valence-electron chi connectivity index (χ0n) is 7.51. The number of ether oxygens (including phenoxy) is 1. The molecule has 3 N–H and O–H groups in total. The number of rotatable bonds is 2. The smallest absolute Gasteiger partial charge is 0.555 e. The van der Waals surface area contributed by atoms with Gasteiger partial charge in [-0.25, -0.2) is 0 Å². The van der Waals surface area contributed by atoms with Gasteiger partial charge in [-0.2, -0.15) is 0 Å². The van der Waals surface area contributed by atoms with Crippen molar-refractivity contribution in [3.8, 4) is 5.88 Å². The van der Waals surface area contributed by atoms with Gasteiger partial charge >= 0.3 is 25.6 Å². The third-order valence-electron chi connectivity index (χ3n) is 1.35. The fourth-order valence-electron chi connectivity index (χ4n) is 0.760. The first-order valence-electron chi connectivity index (χ1n) is 3.37. The van der Waals surface area contributed by atoms with E-state index >= 15 is 0 Å². The van der Waals surface area contributed by atoms with Crippen molar-refractivity contribution in [1.29, 1.82) is 0 Å². The van der Waals surface area contributed by atoms with Gasteiger partial charge in [0.05, 0.1) is 7.11 Å². The van der Waals surface area contributed by atoms with Crippen LogP contribution in [0.25, 0.3) is 0 Å². The van der Waals surface area contributed by atoms with Crippen LogP contribution >= 0.6 is 0 Å². The summed E-state index contributed by atoms with van der Waals surface area (Å²) >= 11 is 0. The first kappa shape index (κ1) is 12.5. The Kier molecular flexibility index (Phi) is 4.47. The molecule has 13 heavy (non-hydrogen) atoms. The molecule has 0 aromatic carbocycles. The van der Waals surface area contributed by atoms with Gasteiger partial charge in [-0.05, 0) is 5.59 Å². The summed E-state index contributed by atoms with van der Waals surface area (Å²) in [4.78, 5) is 3.62. The molecule has 7 heteroatoms. The van der Waals surface area contributed by atoms with E-state index in [2.05, 4.69) is 4.98 Å². The van der Waals surface area contributed by atoms with Crippen LogP contribution in [0.3, 0.4) is 0 Å². The first-order valence-corrected chi connectivity index (χ1v) is 3.37. The minimum Gasteiger partial charge on any atom is -0.555 e. The second-order valence-corrected chi connectivity index (χ2v) is 2.34. The third-order valence-corrected chi connectivity index (χ3v) is 1.35. The molecular formula is C6H9BLiNO4. The normalized spacial score (nSPS) is 10.5. The molecule has 66 valence electrons. The second-order valence-electron chi connectivity index (χ2n) is 2.34. The molecule has 5 nitrogen and oxygen atoms in total. The van der Waals surface area contributed by atoms with Crippen LogP contribution < -0.4 is 29.2 Å². The van der Waals surface area contributed by atoms with E-state index in [1.807, 2.05) is 0 Å². The Morgan fingerprint density at radius 2 is 1.92 bits per heavy atom. The summed E-state index contributed by atoms with van der Waals surface area (Å²) in [6.07, 6.45) is 0. The van der Waals surface area contributed by atoms with Gasteiger partial charge in [-0.15, -0.1) is 0 Å². The summed E-state index contributed by atoms with van der Waals surface area (Å²) in [5.41, 5.74) is -0.214. The summed E-state index contributed by atoms with van der Waals surface area (Å²) < 4.78 is 4.72. The topological polar surface area (TPSA) is 82.8 Å². The van der Waals surface area contributed by atoms with Gasteiger partial charge in [0.1, 0.15) is 0 Å². The number of pyridine rings is 1. The summed E-state index contributed by atoms with van der Waals surface area (Å²) in [6.45, 7) is -3.52. The molecule has 0 bridgehead atoms. The molecule has 0 atom stereocenters. The maximum absolute atomic E-state index is 8.76. The van der Waals surface area contributed by atoms with E-state index in [1.165, 1.54) is 25.3 Å². The number of aromatic nitrogens is 1. The number of hydrogen-bond acceptors (Lipinski definition) is 5. The first-order chi connectivity index (χ1) is 5.54. The van der Waals surface area contributed by atoms with Crippen molar-refractivity contribution in [2.45, 2.75) is 0 Å². The van der Waals surface area contributed by atoms with Crippen LogP contribution in [0, 0.1) is 0 Å². The Hall–Kier alpha value is -0.508. The maximum Gasteiger partial charge on any atom is 1.00 e. The van der Waals surface area contributed by atoms with Crippen molar-refractivity contribution >= 4 is 12.3 Å². The minimum absolute atomic E-state index is 0. The Morgan fingerprint density at radius 3 is 2.38 bits per heavy atom. The van der Waals surface area contributed by atoms with Crippen molar-refractivity contribution < 1.29 is 38.7 Å². The molecule has 0 amide bonds. The SMILES string of the molecule is COc1cccc([B-](O)(O)O)n1.[Li+]. The van der Waals surface area contributed by atoms with E-state index in [4.69, 9.17) is 19.8 Å². The second kappa shape index (κ2) is 4.65. The molecular weight excluding hydrogens is 168 g/mol. The van der Waals surface area contributed by atoms with Crippen LogP contribution in [-0.2, 0) is 0 Å². The molecule has 0 aliphatic heterocycles. The summed E-state index contributed by atoms with van der Waals surface area (Å²) in [5.74, 6) is 0.218. The minimum atomic E-state index is -3.52. The Morgan fingerprint density at radius 1 is 1.31 bits per heavy atom. The van der Waals surface area contributed by atoms with E-state index in [0.29, 0.717) is 0 Å². The van der Waals surface area contributed by atoms with E-state index in [1.54, 1.807) is 0 Å². The van der Waals surface area contributed by atoms with Crippen molar-refractivity contribution in [2.24, 2.45) is 0 Å². The summed E-state index contributed by atoms with van der Waals surface area (Å²) in [7, 11) is 1.40. The van der Waals surface area contributed by atoms with Crippen LogP contribution in [0.2, 0.25) is 0 Å². The molecule has 0 radical (unpaired) electrons. The standard InChI is InChI=1S/C6H9BNO4.Li/c1-12-6-4-2-3-5(8-6)7(9,10)11;/h2-4,9-11H,1H3;/q-1;+1. The van der Waals surface area contributed by atoms with E-state index in [0.717, 1.165) is 0 Å². The van der Waals surface area contributed by atoms with Crippen LogP contribution in [0.4, 0.5) is 0 Å². The molecule has 0 saturated carbocycles. The summed E-state index contributed by atoms with van der Waals surface area (Å²) in [6, 6.07) is 4.33. The van der Waals surface area contributed by atoms with Gasteiger partial charge in [0.2, 0.25) is 5.88 Å². The molecule has 1 rings (SSSR count). The third kappa shape index (κ3) is 3.38. The number of nitrogens with zero attached hydrogens (tertiary/aromatic N) is 1. The van der Waals surface area contributed by atoms with Crippen molar-refractivity contribution in [3.63, 3.8) is 0 Å². The molecule has 1 aromatic heterocycles. The average molecular weight is 177 g/mol. The van der Waals surface area contributed by atoms with Crippen LogP contribution in [0.5, 0.6) is 5.88 Å². The largest absolute Gasteiger partial charge is 1.00 e. The molecule has 0 spiro atoms. The van der Waals surface area contributed by atoms with Crippen LogP contribution in [-0.4, -0.2) is 33.9 Å². The van der Waals surface area contributed by atoms with Crippen molar-refractivity contribution in [1.82, 2.24) is 4.98 Å². The molecule has 0 unspecified atom stereocenters. The van der Waals surface area contributed by atoms with E-state index < -0.39 is 6.75 Å². The molecule has 0 aliphatic carbocycles. The quantitative estimate of drug-likeness (QED) is 0.395. The van der Waals surface area contributed by atoms with E-state index in [-0.39, 0.29) is 30.3 Å². The molecule has 1 aromatic rings. The summed E-state index contributed by atoms with van der Waals surface area (Å²) in [5, 5.41) is 26.3. The van der Waals surface area contributed by atoms with Gasteiger partial charge in [-0.3, -0.25) is 4.98 Å². The van der Waals surface area contributed by atoms with Crippen molar-refractivity contribution in [2.75, 3.05) is 7.11 Å². The van der Waals surface area contributed by atoms with Gasteiger partial charge < -0.3 is 19.8 Å². The van der Waals surface area contributed by atoms with Crippen LogP contribution in [0.1, 0.15) is 0 Å². The average Bonchev–Trinajstić information content (AvgIpc) is 2.03. The fraction of sp³-hybridized carbons (Fsp3) is 0.167. The van der Waals surface area contributed by atoms with Gasteiger partial charge in [-0.1, -0.05) is 12.1 Å². The number of hydrogen-bond donors (Lipinski definition) is 3. The predicted octanol–water partition coefficient (Wildman–Crippen LogP) is -4.78. The molecule has 0 aliphatic rings. The van der Waals surface area contributed by atoms with Gasteiger partial charge in [0.25, 0.3) is 0 Å². The van der Waals surface area contributed by atoms with E-state index in [9.17, 15) is 0 Å². The monoisotopic (exact) mass is 177 g/mol. The maximum atomic E-state index is 8.76. The fourth-order valence-corrected chi connectivity index (χ4v) is 0.760. The molecule has 0 saturated heterocycles. The van der Waals surface area contributed by atoms with Crippen molar-refractivity contribution in [3.05, 3.63) is 18.2 Å². The van der Waals surface area contributed by atoms with Crippen LogP contribution in [0.15, 0.2) is 18.2 Å². The Bertz CT molecular complexity index is 278. The Balaban J connectivity index is 0.00000144. The zero-order valence-corrected chi connectivity index (χ0v) is 7.51. The Labute approximate surface area is 87.6 Å². The van der Waals surface area contributed by atoms with Gasteiger partial charge in [0.15, 0.2) is 0 Å². The number of methoxy groups -OCH3 is 1. The molecule has 0 fully saturated rings.